The van der Waals surface area contributed by atoms with Crippen molar-refractivity contribution in [1.82, 2.24) is 15.0 Å². The fourth-order valence-electron chi connectivity index (χ4n) is 2.78. The summed E-state index contributed by atoms with van der Waals surface area (Å²) >= 11 is 1.71. The fourth-order valence-corrected chi connectivity index (χ4v) is 3.47. The Morgan fingerprint density at radius 2 is 2.24 bits per heavy atom. The molecule has 1 aliphatic carbocycles. The minimum atomic E-state index is -0.0870. The van der Waals surface area contributed by atoms with Gasteiger partial charge in [0.25, 0.3) is 5.91 Å². The lowest BCUT2D eigenvalue weighted by atomic mass is 10.2. The summed E-state index contributed by atoms with van der Waals surface area (Å²) < 4.78 is 5.35. The molecule has 0 aliphatic heterocycles. The molecule has 25 heavy (non-hydrogen) atoms. The van der Waals surface area contributed by atoms with Gasteiger partial charge >= 0.3 is 0 Å². The van der Waals surface area contributed by atoms with Crippen molar-refractivity contribution in [3.05, 3.63) is 70.0 Å². The molecule has 128 valence electrons. The summed E-state index contributed by atoms with van der Waals surface area (Å²) in [6.07, 6.45) is 6.61. The number of hydrogen-bond acceptors (Lipinski definition) is 5. The van der Waals surface area contributed by atoms with Crippen LogP contribution in [0.5, 0.6) is 0 Å². The van der Waals surface area contributed by atoms with Crippen molar-refractivity contribution >= 4 is 17.2 Å². The van der Waals surface area contributed by atoms with E-state index in [9.17, 15) is 4.79 Å². The summed E-state index contributed by atoms with van der Waals surface area (Å²) in [4.78, 5) is 20.2. The second kappa shape index (κ2) is 7.19. The van der Waals surface area contributed by atoms with E-state index in [4.69, 9.17) is 4.52 Å². The van der Waals surface area contributed by atoms with Crippen molar-refractivity contribution in [1.29, 1.82) is 0 Å². The van der Waals surface area contributed by atoms with Gasteiger partial charge in [-0.1, -0.05) is 17.3 Å². The summed E-state index contributed by atoms with van der Waals surface area (Å²) in [7, 11) is 0. The van der Waals surface area contributed by atoms with Gasteiger partial charge in [0.2, 0.25) is 0 Å². The highest BCUT2D eigenvalue weighted by Crippen LogP contribution is 2.40. The molecule has 1 saturated carbocycles. The Morgan fingerprint density at radius 3 is 2.96 bits per heavy atom. The average molecular weight is 353 g/mol. The first-order chi connectivity index (χ1) is 12.3. The first kappa shape index (κ1) is 16.0. The number of rotatable bonds is 7. The molecular weight excluding hydrogens is 334 g/mol. The molecule has 0 atom stereocenters. The third kappa shape index (κ3) is 3.96. The van der Waals surface area contributed by atoms with E-state index in [1.807, 2.05) is 23.1 Å². The van der Waals surface area contributed by atoms with Crippen molar-refractivity contribution in [3.63, 3.8) is 0 Å². The lowest BCUT2D eigenvalue weighted by molar-refractivity contribution is 0.0734. The highest BCUT2D eigenvalue weighted by molar-refractivity contribution is 7.09. The first-order valence-corrected chi connectivity index (χ1v) is 9.35. The van der Waals surface area contributed by atoms with Gasteiger partial charge in [0, 0.05) is 42.3 Å². The first-order valence-electron chi connectivity index (χ1n) is 8.47. The standard InChI is InChI=1S/C19H19N3O2S/c23-19(17-11-18(24-21-17)15-5-6-15)22(9-7-16-4-2-10-25-16)13-14-3-1-8-20-12-14/h1-4,8,10-12,15H,5-7,9,13H2. The Morgan fingerprint density at radius 1 is 1.32 bits per heavy atom. The van der Waals surface area contributed by atoms with Crippen LogP contribution in [0, 0.1) is 0 Å². The molecule has 0 unspecified atom stereocenters. The van der Waals surface area contributed by atoms with E-state index >= 15 is 0 Å². The number of carbonyl (C=O) groups excluding carboxylic acids is 1. The van der Waals surface area contributed by atoms with Crippen molar-refractivity contribution in [2.24, 2.45) is 0 Å². The van der Waals surface area contributed by atoms with Crippen molar-refractivity contribution in [2.75, 3.05) is 6.54 Å². The summed E-state index contributed by atoms with van der Waals surface area (Å²) in [5.41, 5.74) is 1.41. The number of nitrogens with zero attached hydrogens (tertiary/aromatic N) is 3. The van der Waals surface area contributed by atoms with Gasteiger partial charge in [-0.2, -0.15) is 0 Å². The highest BCUT2D eigenvalue weighted by atomic mass is 32.1. The van der Waals surface area contributed by atoms with Gasteiger partial charge < -0.3 is 9.42 Å². The van der Waals surface area contributed by atoms with E-state index in [1.54, 1.807) is 29.8 Å². The molecule has 0 saturated heterocycles. The van der Waals surface area contributed by atoms with Crippen LogP contribution in [0.4, 0.5) is 0 Å². The van der Waals surface area contributed by atoms with E-state index in [-0.39, 0.29) is 5.91 Å². The molecule has 0 bridgehead atoms. The maximum absolute atomic E-state index is 13.0. The van der Waals surface area contributed by atoms with E-state index < -0.39 is 0 Å². The number of pyridine rings is 1. The van der Waals surface area contributed by atoms with Crippen LogP contribution in [0.3, 0.4) is 0 Å². The Balaban J connectivity index is 1.50. The molecule has 1 amide bonds. The Hall–Kier alpha value is -2.47. The molecule has 0 radical (unpaired) electrons. The largest absolute Gasteiger partial charge is 0.360 e. The second-order valence-electron chi connectivity index (χ2n) is 6.31. The smallest absolute Gasteiger partial charge is 0.276 e. The van der Waals surface area contributed by atoms with E-state index in [1.165, 1.54) is 4.88 Å². The quantitative estimate of drug-likeness (QED) is 0.646. The maximum Gasteiger partial charge on any atom is 0.276 e. The third-order valence-corrected chi connectivity index (χ3v) is 5.26. The monoisotopic (exact) mass is 353 g/mol. The summed E-state index contributed by atoms with van der Waals surface area (Å²) in [6, 6.07) is 9.81. The Kier molecular flexibility index (Phi) is 4.61. The molecule has 3 aromatic heterocycles. The summed E-state index contributed by atoms with van der Waals surface area (Å²) in [5.74, 6) is 1.20. The molecule has 0 spiro atoms. The lowest BCUT2D eigenvalue weighted by Gasteiger charge is -2.21. The van der Waals surface area contributed by atoms with E-state index in [0.29, 0.717) is 24.7 Å². The topological polar surface area (TPSA) is 59.2 Å². The number of amides is 1. The molecule has 6 heteroatoms. The van der Waals surface area contributed by atoms with Crippen LogP contribution in [0.1, 0.15) is 45.4 Å². The predicted octanol–water partition coefficient (Wildman–Crippen LogP) is 3.89. The van der Waals surface area contributed by atoms with Crippen molar-refractivity contribution < 1.29 is 9.32 Å². The van der Waals surface area contributed by atoms with Gasteiger partial charge in [0.05, 0.1) is 0 Å². The van der Waals surface area contributed by atoms with Gasteiger partial charge in [-0.25, -0.2) is 0 Å². The zero-order valence-electron chi connectivity index (χ0n) is 13.8. The summed E-state index contributed by atoms with van der Waals surface area (Å²) in [5, 5.41) is 6.06. The van der Waals surface area contributed by atoms with E-state index in [0.717, 1.165) is 30.6 Å². The van der Waals surface area contributed by atoms with Crippen molar-refractivity contribution in [2.45, 2.75) is 31.7 Å². The lowest BCUT2D eigenvalue weighted by Crippen LogP contribution is -2.32. The molecule has 3 aromatic rings. The minimum Gasteiger partial charge on any atom is -0.360 e. The van der Waals surface area contributed by atoms with Crippen LogP contribution in [0.2, 0.25) is 0 Å². The van der Waals surface area contributed by atoms with Crippen LogP contribution in [-0.4, -0.2) is 27.5 Å². The molecular formula is C19H19N3O2S. The molecule has 4 rings (SSSR count). The normalized spacial score (nSPS) is 13.8. The number of thiophene rings is 1. The summed E-state index contributed by atoms with van der Waals surface area (Å²) in [6.45, 7) is 1.16. The van der Waals surface area contributed by atoms with Crippen LogP contribution in [-0.2, 0) is 13.0 Å². The molecule has 0 aromatic carbocycles. The molecule has 3 heterocycles. The van der Waals surface area contributed by atoms with Crippen molar-refractivity contribution in [3.8, 4) is 0 Å². The SMILES string of the molecule is O=C(c1cc(C2CC2)on1)N(CCc1cccs1)Cc1cccnc1. The van der Waals surface area contributed by atoms with Gasteiger partial charge in [-0.3, -0.25) is 9.78 Å². The zero-order valence-corrected chi connectivity index (χ0v) is 14.6. The molecule has 0 N–H and O–H groups in total. The second-order valence-corrected chi connectivity index (χ2v) is 7.34. The minimum absolute atomic E-state index is 0.0870. The van der Waals surface area contributed by atoms with Crippen LogP contribution in [0.15, 0.2) is 52.6 Å². The number of hydrogen-bond donors (Lipinski definition) is 0. The third-order valence-electron chi connectivity index (χ3n) is 4.32. The van der Waals surface area contributed by atoms with Crippen LogP contribution in [0.25, 0.3) is 0 Å². The number of aromatic nitrogens is 2. The molecule has 5 nitrogen and oxygen atoms in total. The maximum atomic E-state index is 13.0. The van der Waals surface area contributed by atoms with Crippen LogP contribution >= 0.6 is 11.3 Å². The van der Waals surface area contributed by atoms with Gasteiger partial charge in [0.15, 0.2) is 5.69 Å². The highest BCUT2D eigenvalue weighted by Gasteiger charge is 2.30. The van der Waals surface area contributed by atoms with Gasteiger partial charge in [-0.05, 0) is 42.3 Å². The van der Waals surface area contributed by atoms with E-state index in [2.05, 4.69) is 21.6 Å². The average Bonchev–Trinajstić information content (AvgIpc) is 3.15. The predicted molar refractivity (Wildman–Crippen MR) is 95.5 cm³/mol. The Bertz CT molecular complexity index is 825. The number of carbonyl (C=O) groups is 1. The fraction of sp³-hybridized carbons (Fsp3) is 0.316. The zero-order chi connectivity index (χ0) is 17.1. The Labute approximate surface area is 150 Å². The molecule has 1 fully saturated rings. The van der Waals surface area contributed by atoms with Crippen LogP contribution < -0.4 is 0 Å². The van der Waals surface area contributed by atoms with Gasteiger partial charge in [-0.15, -0.1) is 11.3 Å². The van der Waals surface area contributed by atoms with Gasteiger partial charge in [0.1, 0.15) is 5.76 Å². The molecule has 1 aliphatic rings.